The Morgan fingerprint density at radius 2 is 1.89 bits per heavy atom. The van der Waals surface area contributed by atoms with Crippen LogP contribution in [0.25, 0.3) is 11.5 Å². The summed E-state index contributed by atoms with van der Waals surface area (Å²) in [6.45, 7) is 3.37. The lowest BCUT2D eigenvalue weighted by molar-refractivity contribution is 0.572. The fraction of sp³-hybridized carbons (Fsp3) is 0.238. The van der Waals surface area contributed by atoms with Crippen LogP contribution in [0.2, 0.25) is 5.02 Å². The molecular weight excluding hydrogens is 360 g/mol. The Morgan fingerprint density at radius 3 is 2.63 bits per heavy atom. The third-order valence-corrected chi connectivity index (χ3v) is 4.52. The first-order valence-electron chi connectivity index (χ1n) is 8.85. The Hall–Kier alpha value is -2.79. The molecule has 0 aliphatic rings. The van der Waals surface area contributed by atoms with E-state index in [0.29, 0.717) is 19.0 Å². The molecule has 140 valence electrons. The van der Waals surface area contributed by atoms with Crippen molar-refractivity contribution in [3.8, 4) is 11.5 Å². The van der Waals surface area contributed by atoms with Gasteiger partial charge < -0.3 is 15.1 Å². The lowest BCUT2D eigenvalue weighted by Crippen LogP contribution is -2.37. The fourth-order valence-electron chi connectivity index (χ4n) is 2.60. The highest BCUT2D eigenvalue weighted by Crippen LogP contribution is 2.19. The van der Waals surface area contributed by atoms with Crippen LogP contribution in [0.4, 0.5) is 0 Å². The molecule has 0 spiro atoms. The second-order valence-electron chi connectivity index (χ2n) is 6.20. The van der Waals surface area contributed by atoms with Crippen LogP contribution in [0.1, 0.15) is 16.8 Å². The van der Waals surface area contributed by atoms with E-state index in [4.69, 9.17) is 16.0 Å². The van der Waals surface area contributed by atoms with Crippen LogP contribution in [-0.4, -0.2) is 24.5 Å². The van der Waals surface area contributed by atoms with Crippen molar-refractivity contribution >= 4 is 17.6 Å². The minimum absolute atomic E-state index is 0.612. The topological polar surface area (TPSA) is 62.5 Å². The van der Waals surface area contributed by atoms with Gasteiger partial charge in [0.05, 0.1) is 5.69 Å². The van der Waals surface area contributed by atoms with Gasteiger partial charge in [-0.25, -0.2) is 4.98 Å². The summed E-state index contributed by atoms with van der Waals surface area (Å²) in [6, 6.07) is 15.9. The molecule has 3 aromatic rings. The average molecular weight is 383 g/mol. The standard InChI is InChI=1S/C21H23ClN4O/c1-15-7-9-16(10-8-15)20-26-18(14-27-20)11-12-24-21(23-2)25-13-17-5-3-4-6-19(17)22/h3-10,14H,11-13H2,1-2H3,(H2,23,24,25). The molecule has 2 N–H and O–H groups in total. The van der Waals surface area contributed by atoms with E-state index in [0.717, 1.165) is 34.2 Å². The van der Waals surface area contributed by atoms with E-state index in [1.54, 1.807) is 13.3 Å². The van der Waals surface area contributed by atoms with Crippen molar-refractivity contribution in [2.24, 2.45) is 4.99 Å². The first-order chi connectivity index (χ1) is 13.2. The minimum Gasteiger partial charge on any atom is -0.444 e. The molecular formula is C21H23ClN4O. The van der Waals surface area contributed by atoms with Gasteiger partial charge in [-0.05, 0) is 30.7 Å². The van der Waals surface area contributed by atoms with Crippen molar-refractivity contribution in [1.82, 2.24) is 15.6 Å². The van der Waals surface area contributed by atoms with E-state index in [1.165, 1.54) is 5.56 Å². The van der Waals surface area contributed by atoms with E-state index >= 15 is 0 Å². The molecule has 3 rings (SSSR count). The average Bonchev–Trinajstić information content (AvgIpc) is 3.15. The number of nitrogens with zero attached hydrogens (tertiary/aromatic N) is 2. The number of oxazole rings is 1. The maximum Gasteiger partial charge on any atom is 0.226 e. The number of hydrogen-bond donors (Lipinski definition) is 2. The normalized spacial score (nSPS) is 11.4. The highest BCUT2D eigenvalue weighted by molar-refractivity contribution is 6.31. The van der Waals surface area contributed by atoms with Gasteiger partial charge in [0.15, 0.2) is 5.96 Å². The molecule has 6 heteroatoms. The molecule has 0 unspecified atom stereocenters. The Bertz CT molecular complexity index is 903. The van der Waals surface area contributed by atoms with Gasteiger partial charge in [-0.3, -0.25) is 4.99 Å². The zero-order chi connectivity index (χ0) is 19.1. The molecule has 1 aromatic heterocycles. The SMILES string of the molecule is CN=C(NCCc1coc(-c2ccc(C)cc2)n1)NCc1ccccc1Cl. The third kappa shape index (κ3) is 5.34. The molecule has 0 aliphatic carbocycles. The second kappa shape index (κ2) is 9.24. The van der Waals surface area contributed by atoms with Crippen molar-refractivity contribution < 1.29 is 4.42 Å². The Labute approximate surface area is 164 Å². The van der Waals surface area contributed by atoms with Crippen LogP contribution in [-0.2, 0) is 13.0 Å². The molecule has 27 heavy (non-hydrogen) atoms. The molecule has 0 saturated carbocycles. The predicted octanol–water partition coefficient (Wildman–Crippen LogP) is 4.21. The molecule has 0 amide bonds. The van der Waals surface area contributed by atoms with E-state index in [2.05, 4.69) is 39.7 Å². The van der Waals surface area contributed by atoms with Crippen LogP contribution >= 0.6 is 11.6 Å². The molecule has 0 atom stereocenters. The summed E-state index contributed by atoms with van der Waals surface area (Å²) in [4.78, 5) is 8.79. The Morgan fingerprint density at radius 1 is 1.11 bits per heavy atom. The lowest BCUT2D eigenvalue weighted by atomic mass is 10.1. The summed E-state index contributed by atoms with van der Waals surface area (Å²) in [7, 11) is 1.74. The van der Waals surface area contributed by atoms with Gasteiger partial charge in [-0.2, -0.15) is 0 Å². The summed E-state index contributed by atoms with van der Waals surface area (Å²) >= 11 is 6.18. The summed E-state index contributed by atoms with van der Waals surface area (Å²) in [5, 5.41) is 7.28. The number of benzene rings is 2. The van der Waals surface area contributed by atoms with Crippen molar-refractivity contribution in [3.05, 3.63) is 76.6 Å². The van der Waals surface area contributed by atoms with Gasteiger partial charge in [0.1, 0.15) is 6.26 Å². The van der Waals surface area contributed by atoms with Gasteiger partial charge in [0.25, 0.3) is 0 Å². The highest BCUT2D eigenvalue weighted by Gasteiger charge is 2.07. The molecule has 0 radical (unpaired) electrons. The number of hydrogen-bond acceptors (Lipinski definition) is 3. The quantitative estimate of drug-likeness (QED) is 0.495. The van der Waals surface area contributed by atoms with Gasteiger partial charge in [0, 0.05) is 37.1 Å². The number of aromatic nitrogens is 1. The zero-order valence-electron chi connectivity index (χ0n) is 15.5. The molecule has 1 heterocycles. The summed E-state index contributed by atoms with van der Waals surface area (Å²) in [5.74, 6) is 1.36. The number of guanidine groups is 1. The number of halogens is 1. The number of rotatable bonds is 6. The van der Waals surface area contributed by atoms with Crippen LogP contribution in [0.15, 0.2) is 64.2 Å². The molecule has 0 saturated heterocycles. The number of nitrogens with one attached hydrogen (secondary N) is 2. The molecule has 2 aromatic carbocycles. The molecule has 0 fully saturated rings. The summed E-state index contributed by atoms with van der Waals surface area (Å²) in [5.41, 5.74) is 4.13. The highest BCUT2D eigenvalue weighted by atomic mass is 35.5. The number of aryl methyl sites for hydroxylation is 1. The minimum atomic E-state index is 0.612. The maximum atomic E-state index is 6.18. The van der Waals surface area contributed by atoms with Crippen LogP contribution in [0, 0.1) is 6.92 Å². The molecule has 0 aliphatic heterocycles. The largest absolute Gasteiger partial charge is 0.444 e. The predicted molar refractivity (Wildman–Crippen MR) is 110 cm³/mol. The monoisotopic (exact) mass is 382 g/mol. The van der Waals surface area contributed by atoms with Gasteiger partial charge in [-0.15, -0.1) is 0 Å². The first kappa shape index (κ1) is 19.0. The van der Waals surface area contributed by atoms with Crippen molar-refractivity contribution in [2.75, 3.05) is 13.6 Å². The van der Waals surface area contributed by atoms with Crippen molar-refractivity contribution in [1.29, 1.82) is 0 Å². The van der Waals surface area contributed by atoms with E-state index < -0.39 is 0 Å². The van der Waals surface area contributed by atoms with Gasteiger partial charge in [-0.1, -0.05) is 47.5 Å². The van der Waals surface area contributed by atoms with Gasteiger partial charge in [0.2, 0.25) is 5.89 Å². The zero-order valence-corrected chi connectivity index (χ0v) is 16.3. The smallest absolute Gasteiger partial charge is 0.226 e. The van der Waals surface area contributed by atoms with Crippen molar-refractivity contribution in [2.45, 2.75) is 19.9 Å². The van der Waals surface area contributed by atoms with Crippen LogP contribution in [0.3, 0.4) is 0 Å². The first-order valence-corrected chi connectivity index (χ1v) is 9.23. The van der Waals surface area contributed by atoms with Gasteiger partial charge >= 0.3 is 0 Å². The van der Waals surface area contributed by atoms with E-state index in [1.807, 2.05) is 36.4 Å². The fourth-order valence-corrected chi connectivity index (χ4v) is 2.80. The van der Waals surface area contributed by atoms with E-state index in [-0.39, 0.29) is 0 Å². The van der Waals surface area contributed by atoms with Crippen molar-refractivity contribution in [3.63, 3.8) is 0 Å². The Kier molecular flexibility index (Phi) is 6.49. The summed E-state index contributed by atoms with van der Waals surface area (Å²) in [6.07, 6.45) is 2.44. The van der Waals surface area contributed by atoms with Crippen LogP contribution < -0.4 is 10.6 Å². The molecule has 0 bridgehead atoms. The maximum absolute atomic E-state index is 6.18. The lowest BCUT2D eigenvalue weighted by Gasteiger charge is -2.12. The van der Waals surface area contributed by atoms with E-state index in [9.17, 15) is 0 Å². The number of aliphatic imine (C=N–C) groups is 1. The summed E-state index contributed by atoms with van der Waals surface area (Å²) < 4.78 is 5.59. The molecule has 5 nitrogen and oxygen atoms in total. The van der Waals surface area contributed by atoms with Crippen LogP contribution in [0.5, 0.6) is 0 Å². The Balaban J connectivity index is 1.48. The third-order valence-electron chi connectivity index (χ3n) is 4.15. The second-order valence-corrected chi connectivity index (χ2v) is 6.61.